The van der Waals surface area contributed by atoms with Gasteiger partial charge in [-0.3, -0.25) is 0 Å². The molecular weight excluding hydrogens is 226 g/mol. The van der Waals surface area contributed by atoms with E-state index in [0.717, 1.165) is 30.0 Å². The van der Waals surface area contributed by atoms with Crippen molar-refractivity contribution in [2.24, 2.45) is 5.73 Å². The summed E-state index contributed by atoms with van der Waals surface area (Å²) >= 11 is 0. The highest BCUT2D eigenvalue weighted by molar-refractivity contribution is 5.40. The lowest BCUT2D eigenvalue weighted by Crippen LogP contribution is -2.22. The Morgan fingerprint density at radius 1 is 1.28 bits per heavy atom. The van der Waals surface area contributed by atoms with Gasteiger partial charge in [0.1, 0.15) is 0 Å². The third kappa shape index (κ3) is 2.37. The van der Waals surface area contributed by atoms with Crippen molar-refractivity contribution in [2.45, 2.75) is 25.8 Å². The first-order chi connectivity index (χ1) is 8.85. The predicted molar refractivity (Wildman–Crippen MR) is 70.3 cm³/mol. The van der Waals surface area contributed by atoms with Crippen LogP contribution in [0.25, 0.3) is 5.65 Å². The molecule has 1 aliphatic heterocycles. The van der Waals surface area contributed by atoms with E-state index in [0.29, 0.717) is 6.54 Å². The molecule has 2 aromatic heterocycles. The fourth-order valence-electron chi connectivity index (χ4n) is 2.47. The second-order valence-corrected chi connectivity index (χ2v) is 4.87. The number of hydrogen-bond acceptors (Lipinski definition) is 4. The summed E-state index contributed by atoms with van der Waals surface area (Å²) in [6, 6.07) is 4.00. The van der Waals surface area contributed by atoms with Gasteiger partial charge in [-0.25, -0.2) is 9.50 Å². The molecule has 1 aliphatic rings. The molecule has 3 rings (SSSR count). The van der Waals surface area contributed by atoms with Crippen LogP contribution in [-0.2, 0) is 13.0 Å². The summed E-state index contributed by atoms with van der Waals surface area (Å²) in [5.41, 5.74) is 7.62. The van der Waals surface area contributed by atoms with Gasteiger partial charge in [0.2, 0.25) is 0 Å². The van der Waals surface area contributed by atoms with Gasteiger partial charge in [-0.15, -0.1) is 0 Å². The molecule has 0 aliphatic carbocycles. The van der Waals surface area contributed by atoms with E-state index in [-0.39, 0.29) is 0 Å². The van der Waals surface area contributed by atoms with Gasteiger partial charge < -0.3 is 10.6 Å². The van der Waals surface area contributed by atoms with Crippen molar-refractivity contribution in [2.75, 3.05) is 19.6 Å². The topological polar surface area (TPSA) is 59.5 Å². The van der Waals surface area contributed by atoms with Crippen LogP contribution in [0.4, 0.5) is 0 Å². The molecule has 2 N–H and O–H groups in total. The Hall–Kier alpha value is -1.46. The van der Waals surface area contributed by atoms with Crippen molar-refractivity contribution in [3.05, 3.63) is 29.7 Å². The molecule has 0 bridgehead atoms. The molecular formula is C13H19N5. The van der Waals surface area contributed by atoms with E-state index in [1.54, 1.807) is 0 Å². The van der Waals surface area contributed by atoms with E-state index in [1.165, 1.54) is 25.9 Å². The number of likely N-dealkylation sites (tertiary alicyclic amines) is 1. The Morgan fingerprint density at radius 3 is 2.89 bits per heavy atom. The third-order valence-corrected chi connectivity index (χ3v) is 3.53. The normalized spacial score (nSPS) is 16.7. The van der Waals surface area contributed by atoms with Gasteiger partial charge in [0, 0.05) is 25.7 Å². The fraction of sp³-hybridized carbons (Fsp3) is 0.538. The lowest BCUT2D eigenvalue weighted by Gasteiger charge is -2.12. The zero-order valence-corrected chi connectivity index (χ0v) is 10.5. The van der Waals surface area contributed by atoms with Gasteiger partial charge in [-0.1, -0.05) is 0 Å². The van der Waals surface area contributed by atoms with Crippen LogP contribution in [0.3, 0.4) is 0 Å². The predicted octanol–water partition coefficient (Wildman–Crippen LogP) is 0.826. The summed E-state index contributed by atoms with van der Waals surface area (Å²) in [5.74, 6) is 0.927. The Labute approximate surface area is 107 Å². The summed E-state index contributed by atoms with van der Waals surface area (Å²) in [6.45, 7) is 4.07. The second-order valence-electron chi connectivity index (χ2n) is 4.87. The Kier molecular flexibility index (Phi) is 3.25. The van der Waals surface area contributed by atoms with Gasteiger partial charge >= 0.3 is 0 Å². The quantitative estimate of drug-likeness (QED) is 0.866. The van der Waals surface area contributed by atoms with Crippen molar-refractivity contribution in [3.8, 4) is 0 Å². The molecule has 1 fully saturated rings. The largest absolute Gasteiger partial charge is 0.326 e. The van der Waals surface area contributed by atoms with Crippen molar-refractivity contribution in [3.63, 3.8) is 0 Å². The van der Waals surface area contributed by atoms with E-state index in [1.807, 2.05) is 22.8 Å². The molecule has 0 atom stereocenters. The van der Waals surface area contributed by atoms with Gasteiger partial charge in [0.15, 0.2) is 11.5 Å². The van der Waals surface area contributed by atoms with E-state index >= 15 is 0 Å². The number of aromatic nitrogens is 3. The van der Waals surface area contributed by atoms with Crippen LogP contribution in [0.5, 0.6) is 0 Å². The first-order valence-electron chi connectivity index (χ1n) is 6.62. The smallest absolute Gasteiger partial charge is 0.155 e. The van der Waals surface area contributed by atoms with Crippen LogP contribution in [0.2, 0.25) is 0 Å². The van der Waals surface area contributed by atoms with Gasteiger partial charge in [-0.2, -0.15) is 5.10 Å². The Bertz CT molecular complexity index is 527. The molecule has 0 saturated carbocycles. The van der Waals surface area contributed by atoms with Crippen LogP contribution in [0.15, 0.2) is 18.3 Å². The molecule has 0 radical (unpaired) electrons. The molecule has 1 saturated heterocycles. The van der Waals surface area contributed by atoms with E-state index < -0.39 is 0 Å². The minimum Gasteiger partial charge on any atom is -0.326 e. The first kappa shape index (κ1) is 11.6. The molecule has 0 aromatic carbocycles. The van der Waals surface area contributed by atoms with E-state index in [9.17, 15) is 0 Å². The van der Waals surface area contributed by atoms with Crippen LogP contribution < -0.4 is 5.73 Å². The molecule has 3 heterocycles. The van der Waals surface area contributed by atoms with Gasteiger partial charge in [0.05, 0.1) is 0 Å². The highest BCUT2D eigenvalue weighted by Crippen LogP contribution is 2.09. The molecule has 0 amide bonds. The number of nitrogens with zero attached hydrogens (tertiary/aromatic N) is 4. The maximum Gasteiger partial charge on any atom is 0.155 e. The standard InChI is InChI=1S/C13H19N5/c14-10-11-3-8-18-13(9-11)15-12(16-18)4-7-17-5-1-2-6-17/h3,8-9H,1-2,4-7,10,14H2. The highest BCUT2D eigenvalue weighted by Gasteiger charge is 2.12. The average Bonchev–Trinajstić information content (AvgIpc) is 3.04. The van der Waals surface area contributed by atoms with Gasteiger partial charge in [-0.05, 0) is 43.6 Å². The lowest BCUT2D eigenvalue weighted by atomic mass is 10.3. The zero-order valence-electron chi connectivity index (χ0n) is 10.5. The summed E-state index contributed by atoms with van der Waals surface area (Å²) < 4.78 is 1.83. The molecule has 2 aromatic rings. The molecule has 96 valence electrons. The van der Waals surface area contributed by atoms with E-state index in [2.05, 4.69) is 15.0 Å². The van der Waals surface area contributed by atoms with Crippen LogP contribution in [0, 0.1) is 0 Å². The van der Waals surface area contributed by atoms with Gasteiger partial charge in [0.25, 0.3) is 0 Å². The maximum atomic E-state index is 5.62. The first-order valence-corrected chi connectivity index (χ1v) is 6.62. The number of pyridine rings is 1. The van der Waals surface area contributed by atoms with Crippen LogP contribution >= 0.6 is 0 Å². The van der Waals surface area contributed by atoms with Crippen LogP contribution in [0.1, 0.15) is 24.2 Å². The van der Waals surface area contributed by atoms with Crippen molar-refractivity contribution in [1.29, 1.82) is 0 Å². The number of nitrogens with two attached hydrogens (primary N) is 1. The zero-order chi connectivity index (χ0) is 12.4. The number of hydrogen-bond donors (Lipinski definition) is 1. The minimum atomic E-state index is 0.548. The SMILES string of the molecule is NCc1ccn2nc(CCN3CCCC3)nc2c1. The monoisotopic (exact) mass is 245 g/mol. The molecule has 0 unspecified atom stereocenters. The third-order valence-electron chi connectivity index (χ3n) is 3.53. The molecule has 5 heteroatoms. The summed E-state index contributed by atoms with van der Waals surface area (Å²) in [6.07, 6.45) is 5.53. The van der Waals surface area contributed by atoms with Crippen LogP contribution in [-0.4, -0.2) is 39.1 Å². The van der Waals surface area contributed by atoms with Crippen molar-refractivity contribution < 1.29 is 0 Å². The van der Waals surface area contributed by atoms with Crippen molar-refractivity contribution in [1.82, 2.24) is 19.5 Å². The van der Waals surface area contributed by atoms with E-state index in [4.69, 9.17) is 5.73 Å². The summed E-state index contributed by atoms with van der Waals surface area (Å²) in [5, 5.41) is 4.49. The summed E-state index contributed by atoms with van der Waals surface area (Å²) in [7, 11) is 0. The number of fused-ring (bicyclic) bond motifs is 1. The summed E-state index contributed by atoms with van der Waals surface area (Å²) in [4.78, 5) is 7.04. The maximum absolute atomic E-state index is 5.62. The minimum absolute atomic E-state index is 0.548. The fourth-order valence-corrected chi connectivity index (χ4v) is 2.47. The second kappa shape index (κ2) is 5.04. The molecule has 0 spiro atoms. The molecule has 5 nitrogen and oxygen atoms in total. The Morgan fingerprint density at radius 2 is 2.11 bits per heavy atom. The Balaban J connectivity index is 1.72. The van der Waals surface area contributed by atoms with Crippen molar-refractivity contribution >= 4 is 5.65 Å². The highest BCUT2D eigenvalue weighted by atomic mass is 15.3. The molecule has 18 heavy (non-hydrogen) atoms. The lowest BCUT2D eigenvalue weighted by molar-refractivity contribution is 0.341. The number of rotatable bonds is 4. The average molecular weight is 245 g/mol.